The summed E-state index contributed by atoms with van der Waals surface area (Å²) >= 11 is 1.23. The van der Waals surface area contributed by atoms with Crippen LogP contribution in [0.5, 0.6) is 0 Å². The fraction of sp³-hybridized carbons (Fsp3) is 0.619. The number of benzene rings is 1. The number of rotatable bonds is 6. The molecule has 1 aromatic heterocycles. The molecule has 2 aromatic rings. The van der Waals surface area contributed by atoms with E-state index in [-0.39, 0.29) is 28.8 Å². The Kier molecular flexibility index (Phi) is 4.84. The number of amides is 1. The van der Waals surface area contributed by atoms with E-state index in [2.05, 4.69) is 27.8 Å². The number of hydrogen-bond donors (Lipinski definition) is 1. The SMILES string of the molecule is CC(NC(=O)CSc1nnnn1-c1ccccc1F)C12CC3CC(CC(C3)C1)C2. The zero-order valence-corrected chi connectivity index (χ0v) is 17.4. The van der Waals surface area contributed by atoms with Crippen LogP contribution in [0.4, 0.5) is 4.39 Å². The molecule has 4 aliphatic rings. The number of halogens is 1. The predicted molar refractivity (Wildman–Crippen MR) is 108 cm³/mol. The summed E-state index contributed by atoms with van der Waals surface area (Å²) in [6.07, 6.45) is 7.98. The second-order valence-electron chi connectivity index (χ2n) is 9.18. The standard InChI is InChI=1S/C21H26FN5OS/c1-13(21-9-14-6-15(10-21)8-16(7-14)11-21)23-19(28)12-29-20-24-25-26-27(20)18-5-3-2-4-17(18)22/h2-5,13-16H,6-12H2,1H3,(H,23,28). The van der Waals surface area contributed by atoms with Crippen molar-refractivity contribution in [1.29, 1.82) is 0 Å². The third-order valence-corrected chi connectivity index (χ3v) is 8.15. The van der Waals surface area contributed by atoms with Gasteiger partial charge < -0.3 is 5.32 Å². The van der Waals surface area contributed by atoms with Gasteiger partial charge in [-0.15, -0.1) is 5.10 Å². The van der Waals surface area contributed by atoms with Gasteiger partial charge in [-0.2, -0.15) is 4.68 Å². The van der Waals surface area contributed by atoms with Gasteiger partial charge in [0.25, 0.3) is 0 Å². The van der Waals surface area contributed by atoms with Crippen LogP contribution in [0.15, 0.2) is 29.4 Å². The van der Waals surface area contributed by atoms with Crippen LogP contribution in [-0.4, -0.2) is 37.9 Å². The Bertz CT molecular complexity index is 881. The van der Waals surface area contributed by atoms with Crippen molar-refractivity contribution in [2.45, 2.75) is 56.6 Å². The molecule has 1 atom stereocenters. The molecule has 1 amide bonds. The summed E-state index contributed by atoms with van der Waals surface area (Å²) < 4.78 is 15.4. The van der Waals surface area contributed by atoms with Gasteiger partial charge in [0.1, 0.15) is 11.5 Å². The minimum atomic E-state index is -0.401. The first-order valence-electron chi connectivity index (χ1n) is 10.5. The lowest BCUT2D eigenvalue weighted by Gasteiger charge is -2.59. The van der Waals surface area contributed by atoms with Crippen LogP contribution in [-0.2, 0) is 4.79 Å². The van der Waals surface area contributed by atoms with Crippen molar-refractivity contribution < 1.29 is 9.18 Å². The summed E-state index contributed by atoms with van der Waals surface area (Å²) in [6.45, 7) is 2.18. The maximum atomic E-state index is 14.1. The first-order chi connectivity index (χ1) is 14.0. The highest BCUT2D eigenvalue weighted by atomic mass is 32.2. The van der Waals surface area contributed by atoms with E-state index < -0.39 is 5.82 Å². The van der Waals surface area contributed by atoms with Gasteiger partial charge in [0.05, 0.1) is 5.75 Å². The van der Waals surface area contributed by atoms with Crippen LogP contribution in [0.1, 0.15) is 45.4 Å². The Morgan fingerprint density at radius 2 is 1.90 bits per heavy atom. The highest BCUT2D eigenvalue weighted by molar-refractivity contribution is 7.99. The minimum absolute atomic E-state index is 0.0127. The number of carbonyl (C=O) groups is 1. The summed E-state index contributed by atoms with van der Waals surface area (Å²) in [6, 6.07) is 6.52. The third-order valence-electron chi connectivity index (χ3n) is 7.24. The van der Waals surface area contributed by atoms with Crippen molar-refractivity contribution in [2.24, 2.45) is 23.2 Å². The van der Waals surface area contributed by atoms with Crippen molar-refractivity contribution in [1.82, 2.24) is 25.5 Å². The van der Waals surface area contributed by atoms with Gasteiger partial charge in [-0.25, -0.2) is 4.39 Å². The lowest BCUT2D eigenvalue weighted by molar-refractivity contribution is -0.123. The molecule has 0 saturated heterocycles. The quantitative estimate of drug-likeness (QED) is 0.730. The van der Waals surface area contributed by atoms with Crippen LogP contribution in [0.25, 0.3) is 5.69 Å². The number of aromatic nitrogens is 4. The minimum Gasteiger partial charge on any atom is -0.352 e. The molecule has 0 spiro atoms. The van der Waals surface area contributed by atoms with Gasteiger partial charge in [0.15, 0.2) is 0 Å². The van der Waals surface area contributed by atoms with Crippen LogP contribution in [0, 0.1) is 29.0 Å². The second-order valence-corrected chi connectivity index (χ2v) is 10.1. The fourth-order valence-electron chi connectivity index (χ4n) is 6.32. The Balaban J connectivity index is 1.22. The topological polar surface area (TPSA) is 72.7 Å². The molecular weight excluding hydrogens is 389 g/mol. The Morgan fingerprint density at radius 1 is 1.24 bits per heavy atom. The van der Waals surface area contributed by atoms with E-state index in [4.69, 9.17) is 0 Å². The summed E-state index contributed by atoms with van der Waals surface area (Å²) in [5.74, 6) is 2.38. The van der Waals surface area contributed by atoms with E-state index in [1.54, 1.807) is 18.2 Å². The van der Waals surface area contributed by atoms with Gasteiger partial charge in [-0.3, -0.25) is 4.79 Å². The molecule has 8 heteroatoms. The Hall–Kier alpha value is -1.96. The highest BCUT2D eigenvalue weighted by Gasteiger charge is 2.53. The van der Waals surface area contributed by atoms with Crippen molar-refractivity contribution in [3.05, 3.63) is 30.1 Å². The average molecular weight is 416 g/mol. The molecule has 4 fully saturated rings. The van der Waals surface area contributed by atoms with E-state index >= 15 is 0 Å². The summed E-state index contributed by atoms with van der Waals surface area (Å²) in [7, 11) is 0. The average Bonchev–Trinajstić information content (AvgIpc) is 3.14. The highest BCUT2D eigenvalue weighted by Crippen LogP contribution is 2.61. The molecule has 0 radical (unpaired) electrons. The van der Waals surface area contributed by atoms with Crippen molar-refractivity contribution in [3.8, 4) is 5.69 Å². The molecule has 0 aliphatic heterocycles. The number of nitrogens with one attached hydrogen (secondary N) is 1. The second kappa shape index (κ2) is 7.38. The van der Waals surface area contributed by atoms with Crippen molar-refractivity contribution in [2.75, 3.05) is 5.75 Å². The van der Waals surface area contributed by atoms with E-state index in [0.29, 0.717) is 5.16 Å². The fourth-order valence-corrected chi connectivity index (χ4v) is 7.01. The lowest BCUT2D eigenvalue weighted by Crippen LogP contribution is -2.56. The summed E-state index contributed by atoms with van der Waals surface area (Å²) in [5, 5.41) is 15.2. The van der Waals surface area contributed by atoms with Gasteiger partial charge in [0, 0.05) is 6.04 Å². The number of nitrogens with zero attached hydrogens (tertiary/aromatic N) is 4. The first-order valence-corrected chi connectivity index (χ1v) is 11.5. The number of tetrazole rings is 1. The van der Waals surface area contributed by atoms with Crippen LogP contribution in [0.3, 0.4) is 0 Å². The number of hydrogen-bond acceptors (Lipinski definition) is 5. The predicted octanol–water partition coefficient (Wildman–Crippen LogP) is 3.61. The maximum Gasteiger partial charge on any atom is 0.230 e. The molecule has 4 bridgehead atoms. The Labute approximate surface area is 174 Å². The molecule has 1 aromatic carbocycles. The lowest BCUT2D eigenvalue weighted by atomic mass is 9.48. The summed E-state index contributed by atoms with van der Waals surface area (Å²) in [5.41, 5.74) is 0.562. The van der Waals surface area contributed by atoms with E-state index in [0.717, 1.165) is 17.8 Å². The molecule has 1 N–H and O–H groups in total. The molecular formula is C21H26FN5OS. The van der Waals surface area contributed by atoms with E-state index in [1.165, 1.54) is 61.0 Å². The monoisotopic (exact) mass is 415 g/mol. The van der Waals surface area contributed by atoms with Crippen LogP contribution < -0.4 is 5.32 Å². The van der Waals surface area contributed by atoms with E-state index in [9.17, 15) is 9.18 Å². The number of thioether (sulfide) groups is 1. The Morgan fingerprint density at radius 3 is 2.55 bits per heavy atom. The third kappa shape index (κ3) is 3.56. The molecule has 1 heterocycles. The molecule has 154 valence electrons. The van der Waals surface area contributed by atoms with Crippen molar-refractivity contribution in [3.63, 3.8) is 0 Å². The largest absolute Gasteiger partial charge is 0.352 e. The van der Waals surface area contributed by atoms with Crippen LogP contribution in [0.2, 0.25) is 0 Å². The summed E-state index contributed by atoms with van der Waals surface area (Å²) in [4.78, 5) is 12.7. The van der Waals surface area contributed by atoms with Gasteiger partial charge in [0.2, 0.25) is 11.1 Å². The normalized spacial score (nSPS) is 31.0. The van der Waals surface area contributed by atoms with Crippen LogP contribution >= 0.6 is 11.8 Å². The molecule has 4 aliphatic carbocycles. The van der Waals surface area contributed by atoms with Gasteiger partial charge in [-0.1, -0.05) is 23.9 Å². The number of para-hydroxylation sites is 1. The molecule has 6 rings (SSSR count). The molecule has 4 saturated carbocycles. The first kappa shape index (κ1) is 19.0. The maximum absolute atomic E-state index is 14.1. The zero-order chi connectivity index (χ0) is 20.0. The van der Waals surface area contributed by atoms with Gasteiger partial charge >= 0.3 is 0 Å². The molecule has 6 nitrogen and oxygen atoms in total. The number of carbonyl (C=O) groups excluding carboxylic acids is 1. The molecule has 29 heavy (non-hydrogen) atoms. The van der Waals surface area contributed by atoms with Gasteiger partial charge in [-0.05, 0) is 91.2 Å². The zero-order valence-electron chi connectivity index (χ0n) is 16.6. The van der Waals surface area contributed by atoms with Crippen molar-refractivity contribution >= 4 is 17.7 Å². The molecule has 1 unspecified atom stereocenters. The van der Waals surface area contributed by atoms with E-state index in [1.807, 2.05) is 0 Å². The smallest absolute Gasteiger partial charge is 0.230 e.